The van der Waals surface area contributed by atoms with E-state index in [1.807, 2.05) is 37.3 Å². The molecule has 1 atom stereocenters. The van der Waals surface area contributed by atoms with Crippen molar-refractivity contribution in [3.05, 3.63) is 71.0 Å². The summed E-state index contributed by atoms with van der Waals surface area (Å²) in [6.45, 7) is 6.13. The number of amides is 1. The molecule has 0 spiro atoms. The maximum absolute atomic E-state index is 12.3. The number of hydrogen-bond donors (Lipinski definition) is 1. The van der Waals surface area contributed by atoms with Crippen molar-refractivity contribution in [3.8, 4) is 0 Å². The zero-order valence-corrected chi connectivity index (χ0v) is 13.0. The van der Waals surface area contributed by atoms with Gasteiger partial charge in [-0.05, 0) is 49.6 Å². The van der Waals surface area contributed by atoms with E-state index in [9.17, 15) is 4.79 Å². The number of carbonyl (C=O) groups excluding carboxylic acids is 1. The van der Waals surface area contributed by atoms with Gasteiger partial charge in [0.1, 0.15) is 5.58 Å². The molecule has 1 heterocycles. The lowest BCUT2D eigenvalue weighted by Crippen LogP contribution is -2.26. The second kappa shape index (κ2) is 5.68. The van der Waals surface area contributed by atoms with Crippen LogP contribution in [0.15, 0.2) is 52.9 Å². The van der Waals surface area contributed by atoms with Crippen LogP contribution in [0.4, 0.5) is 0 Å². The van der Waals surface area contributed by atoms with Crippen molar-refractivity contribution in [2.24, 2.45) is 0 Å². The predicted octanol–water partition coefficient (Wildman–Crippen LogP) is 4.54. The Hall–Kier alpha value is -2.55. The first-order valence-corrected chi connectivity index (χ1v) is 7.41. The molecule has 0 saturated heterocycles. The number of carbonyl (C=O) groups is 1. The van der Waals surface area contributed by atoms with Gasteiger partial charge < -0.3 is 9.73 Å². The van der Waals surface area contributed by atoms with Crippen LogP contribution in [0.5, 0.6) is 0 Å². The molecule has 0 fully saturated rings. The van der Waals surface area contributed by atoms with E-state index in [0.29, 0.717) is 5.76 Å². The van der Waals surface area contributed by atoms with E-state index in [4.69, 9.17) is 4.42 Å². The fourth-order valence-corrected chi connectivity index (χ4v) is 2.48. The number of benzene rings is 2. The minimum absolute atomic E-state index is 0.0694. The Morgan fingerprint density at radius 3 is 2.55 bits per heavy atom. The van der Waals surface area contributed by atoms with Gasteiger partial charge in [-0.25, -0.2) is 0 Å². The van der Waals surface area contributed by atoms with Crippen LogP contribution < -0.4 is 5.32 Å². The van der Waals surface area contributed by atoms with Crippen molar-refractivity contribution in [1.82, 2.24) is 5.32 Å². The minimum atomic E-state index is -0.193. The maximum Gasteiger partial charge on any atom is 0.287 e. The highest BCUT2D eigenvalue weighted by atomic mass is 16.3. The van der Waals surface area contributed by atoms with Crippen molar-refractivity contribution in [1.29, 1.82) is 0 Å². The molecule has 3 heteroatoms. The summed E-state index contributed by atoms with van der Waals surface area (Å²) in [5, 5.41) is 3.92. The van der Waals surface area contributed by atoms with Gasteiger partial charge in [0.2, 0.25) is 0 Å². The third kappa shape index (κ3) is 2.75. The smallest absolute Gasteiger partial charge is 0.287 e. The fraction of sp³-hybridized carbons (Fsp3) is 0.211. The highest BCUT2D eigenvalue weighted by Crippen LogP contribution is 2.21. The molecule has 1 N–H and O–H groups in total. The lowest BCUT2D eigenvalue weighted by atomic mass is 10.0. The highest BCUT2D eigenvalue weighted by Gasteiger charge is 2.15. The van der Waals surface area contributed by atoms with E-state index in [1.54, 1.807) is 6.07 Å². The summed E-state index contributed by atoms with van der Waals surface area (Å²) in [5.74, 6) is 0.152. The fourth-order valence-electron chi connectivity index (χ4n) is 2.48. The number of nitrogens with one attached hydrogen (secondary N) is 1. The van der Waals surface area contributed by atoms with Gasteiger partial charge in [0.05, 0.1) is 6.04 Å². The monoisotopic (exact) mass is 293 g/mol. The van der Waals surface area contributed by atoms with Gasteiger partial charge in [-0.2, -0.15) is 0 Å². The molecule has 2 aromatic carbocycles. The van der Waals surface area contributed by atoms with Crippen molar-refractivity contribution < 1.29 is 9.21 Å². The van der Waals surface area contributed by atoms with Gasteiger partial charge >= 0.3 is 0 Å². The van der Waals surface area contributed by atoms with E-state index >= 15 is 0 Å². The zero-order chi connectivity index (χ0) is 15.7. The molecule has 1 aromatic heterocycles. The topological polar surface area (TPSA) is 42.2 Å². The molecule has 0 unspecified atom stereocenters. The van der Waals surface area contributed by atoms with Gasteiger partial charge in [0, 0.05) is 5.39 Å². The first-order valence-electron chi connectivity index (χ1n) is 7.41. The lowest BCUT2D eigenvalue weighted by Gasteiger charge is -2.14. The summed E-state index contributed by atoms with van der Waals surface area (Å²) in [4.78, 5) is 12.3. The summed E-state index contributed by atoms with van der Waals surface area (Å²) in [6.07, 6.45) is 0. The van der Waals surface area contributed by atoms with Crippen molar-refractivity contribution in [3.63, 3.8) is 0 Å². The zero-order valence-electron chi connectivity index (χ0n) is 13.0. The number of rotatable bonds is 3. The summed E-state index contributed by atoms with van der Waals surface area (Å²) in [7, 11) is 0. The quantitative estimate of drug-likeness (QED) is 0.770. The second-order valence-electron chi connectivity index (χ2n) is 5.69. The molecule has 3 nitrogen and oxygen atoms in total. The molecule has 0 saturated carbocycles. The molecular weight excluding hydrogens is 274 g/mol. The Kier molecular flexibility index (Phi) is 3.72. The molecule has 112 valence electrons. The molecule has 1 amide bonds. The van der Waals surface area contributed by atoms with Crippen LogP contribution in [0.1, 0.15) is 40.2 Å². The number of hydrogen-bond acceptors (Lipinski definition) is 2. The van der Waals surface area contributed by atoms with Crippen LogP contribution >= 0.6 is 0 Å². The van der Waals surface area contributed by atoms with Gasteiger partial charge in [0.15, 0.2) is 5.76 Å². The second-order valence-corrected chi connectivity index (χ2v) is 5.69. The van der Waals surface area contributed by atoms with Crippen molar-refractivity contribution in [2.45, 2.75) is 26.8 Å². The van der Waals surface area contributed by atoms with Crippen LogP contribution in [-0.2, 0) is 0 Å². The largest absolute Gasteiger partial charge is 0.451 e. The van der Waals surface area contributed by atoms with Gasteiger partial charge in [-0.15, -0.1) is 0 Å². The van der Waals surface area contributed by atoms with Crippen LogP contribution in [0, 0.1) is 13.8 Å². The predicted molar refractivity (Wildman–Crippen MR) is 88.0 cm³/mol. The number of fused-ring (bicyclic) bond motifs is 1. The molecule has 0 radical (unpaired) electrons. The van der Waals surface area contributed by atoms with Crippen LogP contribution in [0.2, 0.25) is 0 Å². The van der Waals surface area contributed by atoms with Gasteiger partial charge in [-0.3, -0.25) is 4.79 Å². The number of furan rings is 1. The van der Waals surface area contributed by atoms with Crippen molar-refractivity contribution in [2.75, 3.05) is 0 Å². The van der Waals surface area contributed by atoms with Crippen LogP contribution in [0.25, 0.3) is 11.0 Å². The molecule has 0 aliphatic rings. The Morgan fingerprint density at radius 2 is 1.82 bits per heavy atom. The van der Waals surface area contributed by atoms with Gasteiger partial charge in [-0.1, -0.05) is 36.4 Å². The number of aryl methyl sites for hydroxylation is 2. The highest BCUT2D eigenvalue weighted by molar-refractivity contribution is 5.96. The SMILES string of the molecule is Cc1ccc([C@@H](C)NC(=O)c2cc3ccccc3o2)cc1C. The standard InChI is InChI=1S/C19H19NO2/c1-12-8-9-15(10-13(12)2)14(3)20-19(21)18-11-16-6-4-5-7-17(16)22-18/h4-11,14H,1-3H3,(H,20,21)/t14-/m1/s1. The number of para-hydroxylation sites is 1. The Bertz CT molecular complexity index is 799. The Morgan fingerprint density at radius 1 is 1.05 bits per heavy atom. The van der Waals surface area contributed by atoms with E-state index in [1.165, 1.54) is 11.1 Å². The maximum atomic E-state index is 12.3. The average molecular weight is 293 g/mol. The first kappa shape index (κ1) is 14.4. The molecule has 22 heavy (non-hydrogen) atoms. The van der Waals surface area contributed by atoms with Crippen LogP contribution in [0.3, 0.4) is 0 Å². The Labute approximate surface area is 130 Å². The summed E-state index contributed by atoms with van der Waals surface area (Å²) < 4.78 is 5.60. The van der Waals surface area contributed by atoms with Crippen LogP contribution in [-0.4, -0.2) is 5.91 Å². The van der Waals surface area contributed by atoms with Gasteiger partial charge in [0.25, 0.3) is 5.91 Å². The normalized spacial score (nSPS) is 12.3. The lowest BCUT2D eigenvalue weighted by molar-refractivity contribution is 0.0914. The Balaban J connectivity index is 1.79. The van der Waals surface area contributed by atoms with E-state index in [0.717, 1.165) is 16.5 Å². The summed E-state index contributed by atoms with van der Waals surface area (Å²) >= 11 is 0. The third-order valence-electron chi connectivity index (χ3n) is 4.03. The molecule has 3 aromatic rings. The molecule has 0 aliphatic heterocycles. The summed E-state index contributed by atoms with van der Waals surface area (Å²) in [6, 6.07) is 15.6. The van der Waals surface area contributed by atoms with E-state index < -0.39 is 0 Å². The molecule has 0 bridgehead atoms. The molecule has 3 rings (SSSR count). The van der Waals surface area contributed by atoms with E-state index in [2.05, 4.69) is 31.3 Å². The minimum Gasteiger partial charge on any atom is -0.451 e. The van der Waals surface area contributed by atoms with Crippen molar-refractivity contribution >= 4 is 16.9 Å². The molecule has 0 aliphatic carbocycles. The molecular formula is C19H19NO2. The average Bonchev–Trinajstić information content (AvgIpc) is 2.94. The summed E-state index contributed by atoms with van der Waals surface area (Å²) in [5.41, 5.74) is 4.29. The first-order chi connectivity index (χ1) is 10.5. The third-order valence-corrected chi connectivity index (χ3v) is 4.03. The van der Waals surface area contributed by atoms with E-state index in [-0.39, 0.29) is 11.9 Å².